The molecule has 0 aromatic carbocycles. The van der Waals surface area contributed by atoms with Crippen molar-refractivity contribution in [1.29, 1.82) is 0 Å². The molecule has 0 amide bonds. The second-order valence-electron chi connectivity index (χ2n) is 3.47. The Labute approximate surface area is 109 Å². The van der Waals surface area contributed by atoms with E-state index in [0.717, 1.165) is 23.8 Å². The molecule has 1 aromatic heterocycles. The molecule has 0 radical (unpaired) electrons. The first-order chi connectivity index (χ1) is 8.42. The summed E-state index contributed by atoms with van der Waals surface area (Å²) in [5.74, 6) is 0. The zero-order valence-corrected chi connectivity index (χ0v) is 11.7. The predicted octanol–water partition coefficient (Wildman–Crippen LogP) is 1.78. The SMILES string of the molecule is CCCNc1sc(S(=O)(=O)NCC)cc1[N+](=O)[O-]. The summed E-state index contributed by atoms with van der Waals surface area (Å²) >= 11 is 0.871. The Kier molecular flexibility index (Phi) is 5.05. The number of hydrogen-bond donors (Lipinski definition) is 2. The van der Waals surface area contributed by atoms with E-state index in [-0.39, 0.29) is 21.4 Å². The molecule has 18 heavy (non-hydrogen) atoms. The van der Waals surface area contributed by atoms with Crippen LogP contribution in [0.1, 0.15) is 20.3 Å². The van der Waals surface area contributed by atoms with E-state index in [1.807, 2.05) is 6.92 Å². The van der Waals surface area contributed by atoms with Gasteiger partial charge >= 0.3 is 5.69 Å². The number of nitrogens with one attached hydrogen (secondary N) is 2. The molecule has 1 aromatic rings. The van der Waals surface area contributed by atoms with Crippen LogP contribution in [0.25, 0.3) is 0 Å². The number of nitro groups is 1. The van der Waals surface area contributed by atoms with Gasteiger partial charge in [0.05, 0.1) is 4.92 Å². The van der Waals surface area contributed by atoms with E-state index in [1.165, 1.54) is 0 Å². The first-order valence-electron chi connectivity index (χ1n) is 5.44. The van der Waals surface area contributed by atoms with Crippen LogP contribution < -0.4 is 10.0 Å². The molecule has 0 bridgehead atoms. The summed E-state index contributed by atoms with van der Waals surface area (Å²) in [6.07, 6.45) is 0.796. The van der Waals surface area contributed by atoms with E-state index in [2.05, 4.69) is 10.0 Å². The molecule has 9 heteroatoms. The summed E-state index contributed by atoms with van der Waals surface area (Å²) in [6.45, 7) is 4.37. The highest BCUT2D eigenvalue weighted by molar-refractivity contribution is 7.91. The predicted molar refractivity (Wildman–Crippen MR) is 70.6 cm³/mol. The zero-order valence-electron chi connectivity index (χ0n) is 10.1. The van der Waals surface area contributed by atoms with Gasteiger partial charge in [0, 0.05) is 19.2 Å². The minimum atomic E-state index is -3.65. The van der Waals surface area contributed by atoms with Gasteiger partial charge in [-0.3, -0.25) is 10.1 Å². The molecule has 102 valence electrons. The Morgan fingerprint density at radius 2 is 2.11 bits per heavy atom. The van der Waals surface area contributed by atoms with Crippen molar-refractivity contribution < 1.29 is 13.3 Å². The molecule has 0 atom stereocenters. The van der Waals surface area contributed by atoms with Gasteiger partial charge in [0.2, 0.25) is 10.0 Å². The monoisotopic (exact) mass is 293 g/mol. The molecule has 2 N–H and O–H groups in total. The van der Waals surface area contributed by atoms with Crippen molar-refractivity contribution in [1.82, 2.24) is 4.72 Å². The smallest absolute Gasteiger partial charge is 0.304 e. The third-order valence-corrected chi connectivity index (χ3v) is 5.12. The number of anilines is 1. The Morgan fingerprint density at radius 1 is 1.44 bits per heavy atom. The topological polar surface area (TPSA) is 101 Å². The molecular weight excluding hydrogens is 278 g/mol. The van der Waals surface area contributed by atoms with Crippen molar-refractivity contribution >= 4 is 32.0 Å². The van der Waals surface area contributed by atoms with Crippen LogP contribution in [0.15, 0.2) is 10.3 Å². The highest BCUT2D eigenvalue weighted by Gasteiger charge is 2.25. The van der Waals surface area contributed by atoms with Crippen LogP contribution in [0.5, 0.6) is 0 Å². The van der Waals surface area contributed by atoms with Crippen LogP contribution in [0.2, 0.25) is 0 Å². The number of rotatable bonds is 7. The van der Waals surface area contributed by atoms with E-state index in [1.54, 1.807) is 6.92 Å². The third kappa shape index (κ3) is 3.40. The van der Waals surface area contributed by atoms with Gasteiger partial charge in [0.1, 0.15) is 4.21 Å². The number of thiophene rings is 1. The molecule has 0 aliphatic rings. The fourth-order valence-electron chi connectivity index (χ4n) is 1.25. The fourth-order valence-corrected chi connectivity index (χ4v) is 3.69. The summed E-state index contributed by atoms with van der Waals surface area (Å²) < 4.78 is 25.7. The maximum atomic E-state index is 11.7. The minimum absolute atomic E-state index is 0.0466. The van der Waals surface area contributed by atoms with E-state index in [4.69, 9.17) is 0 Å². The summed E-state index contributed by atoms with van der Waals surface area (Å²) in [5.41, 5.74) is -0.204. The molecule has 0 aliphatic carbocycles. The van der Waals surface area contributed by atoms with Crippen LogP contribution in [0, 0.1) is 10.1 Å². The molecule has 1 heterocycles. The molecule has 1 rings (SSSR count). The average molecular weight is 293 g/mol. The highest BCUT2D eigenvalue weighted by Crippen LogP contribution is 2.36. The van der Waals surface area contributed by atoms with Crippen molar-refractivity contribution in [3.63, 3.8) is 0 Å². The Balaban J connectivity index is 3.13. The highest BCUT2D eigenvalue weighted by atomic mass is 32.2. The van der Waals surface area contributed by atoms with Crippen molar-refractivity contribution in [2.24, 2.45) is 0 Å². The maximum absolute atomic E-state index is 11.7. The van der Waals surface area contributed by atoms with Gasteiger partial charge in [-0.2, -0.15) is 0 Å². The second-order valence-corrected chi connectivity index (χ2v) is 6.51. The fraction of sp³-hybridized carbons (Fsp3) is 0.556. The molecule has 0 fully saturated rings. The summed E-state index contributed by atoms with van der Waals surface area (Å²) in [6, 6.07) is 1.08. The molecule has 0 saturated heterocycles. The van der Waals surface area contributed by atoms with Gasteiger partial charge in [0.15, 0.2) is 5.00 Å². The van der Waals surface area contributed by atoms with Crippen LogP contribution in [0.4, 0.5) is 10.7 Å². The quantitative estimate of drug-likeness (QED) is 0.589. The lowest BCUT2D eigenvalue weighted by molar-refractivity contribution is -0.383. The van der Waals surface area contributed by atoms with E-state index in [9.17, 15) is 18.5 Å². The first kappa shape index (κ1) is 14.9. The van der Waals surface area contributed by atoms with Gasteiger partial charge in [-0.15, -0.1) is 0 Å². The van der Waals surface area contributed by atoms with Crippen molar-refractivity contribution in [3.8, 4) is 0 Å². The molecule has 7 nitrogen and oxygen atoms in total. The van der Waals surface area contributed by atoms with Gasteiger partial charge in [0.25, 0.3) is 0 Å². The van der Waals surface area contributed by atoms with E-state index >= 15 is 0 Å². The number of sulfonamides is 1. The Bertz CT molecular complexity index is 524. The molecule has 0 spiro atoms. The lowest BCUT2D eigenvalue weighted by Crippen LogP contribution is -2.22. The van der Waals surface area contributed by atoms with Gasteiger partial charge in [-0.25, -0.2) is 13.1 Å². The van der Waals surface area contributed by atoms with Gasteiger partial charge in [-0.05, 0) is 6.42 Å². The first-order valence-corrected chi connectivity index (χ1v) is 7.74. The summed E-state index contributed by atoms with van der Waals surface area (Å²) in [5, 5.41) is 14.0. The van der Waals surface area contributed by atoms with Crippen molar-refractivity contribution in [2.45, 2.75) is 24.5 Å². The number of nitrogens with zero attached hydrogens (tertiary/aromatic N) is 1. The van der Waals surface area contributed by atoms with Gasteiger partial charge in [-0.1, -0.05) is 25.2 Å². The average Bonchev–Trinajstić information content (AvgIpc) is 2.71. The van der Waals surface area contributed by atoms with Crippen LogP contribution in [-0.4, -0.2) is 26.4 Å². The second kappa shape index (κ2) is 6.12. The standard InChI is InChI=1S/C9H15N3O4S2/c1-3-5-10-9-7(12(13)14)6-8(17-9)18(15,16)11-4-2/h6,10-11H,3-5H2,1-2H3. The van der Waals surface area contributed by atoms with Gasteiger partial charge < -0.3 is 5.32 Å². The van der Waals surface area contributed by atoms with Crippen LogP contribution >= 0.6 is 11.3 Å². The molecule has 0 aliphatic heterocycles. The number of hydrogen-bond acceptors (Lipinski definition) is 6. The third-order valence-electron chi connectivity index (χ3n) is 2.02. The van der Waals surface area contributed by atoms with Crippen LogP contribution in [0.3, 0.4) is 0 Å². The largest absolute Gasteiger partial charge is 0.371 e. The molecule has 0 saturated carbocycles. The minimum Gasteiger partial charge on any atom is -0.371 e. The lowest BCUT2D eigenvalue weighted by atomic mass is 10.4. The lowest BCUT2D eigenvalue weighted by Gasteiger charge is -2.00. The normalized spacial score (nSPS) is 11.4. The van der Waals surface area contributed by atoms with Crippen molar-refractivity contribution in [3.05, 3.63) is 16.2 Å². The summed E-state index contributed by atoms with van der Waals surface area (Å²) in [7, 11) is -3.65. The summed E-state index contributed by atoms with van der Waals surface area (Å²) in [4.78, 5) is 10.3. The zero-order chi connectivity index (χ0) is 13.8. The Morgan fingerprint density at radius 3 is 2.61 bits per heavy atom. The van der Waals surface area contributed by atoms with Crippen LogP contribution in [-0.2, 0) is 10.0 Å². The van der Waals surface area contributed by atoms with E-state index in [0.29, 0.717) is 6.54 Å². The van der Waals surface area contributed by atoms with E-state index < -0.39 is 14.9 Å². The Hall–Kier alpha value is -1.19. The molecular formula is C9H15N3O4S2. The molecule has 0 unspecified atom stereocenters. The maximum Gasteiger partial charge on any atom is 0.304 e. The van der Waals surface area contributed by atoms with Crippen molar-refractivity contribution in [2.75, 3.05) is 18.4 Å².